The van der Waals surface area contributed by atoms with E-state index < -0.39 is 15.9 Å². The summed E-state index contributed by atoms with van der Waals surface area (Å²) in [6.45, 7) is 2.96. The SMILES string of the molecule is Cc1oc(C(=O)N2CCNCC2c2cccc(F)c2)cc1S(=O)(=O)N(C)C.Cl. The molecule has 1 saturated heterocycles. The van der Waals surface area contributed by atoms with Gasteiger partial charge in [-0.25, -0.2) is 17.1 Å². The van der Waals surface area contributed by atoms with Crippen molar-refractivity contribution in [3.63, 3.8) is 0 Å². The van der Waals surface area contributed by atoms with Gasteiger partial charge < -0.3 is 14.6 Å². The molecule has 10 heteroatoms. The molecule has 2 heterocycles. The number of carbonyl (C=O) groups is 1. The second-order valence-corrected chi connectivity index (χ2v) is 8.71. The Morgan fingerprint density at radius 2 is 2.04 bits per heavy atom. The molecule has 1 unspecified atom stereocenters. The Morgan fingerprint density at radius 1 is 1.32 bits per heavy atom. The van der Waals surface area contributed by atoms with E-state index in [1.165, 1.54) is 39.2 Å². The number of hydrogen-bond donors (Lipinski definition) is 1. The largest absolute Gasteiger partial charge is 0.455 e. The number of hydrogen-bond acceptors (Lipinski definition) is 5. The maximum Gasteiger partial charge on any atom is 0.290 e. The van der Waals surface area contributed by atoms with E-state index in [9.17, 15) is 17.6 Å². The zero-order chi connectivity index (χ0) is 19.8. The van der Waals surface area contributed by atoms with Gasteiger partial charge in [-0.3, -0.25) is 4.79 Å². The van der Waals surface area contributed by atoms with Gasteiger partial charge >= 0.3 is 0 Å². The second-order valence-electron chi connectivity index (χ2n) is 6.59. The predicted molar refractivity (Wildman–Crippen MR) is 105 cm³/mol. The molecule has 0 saturated carbocycles. The van der Waals surface area contributed by atoms with Crippen molar-refractivity contribution >= 4 is 28.3 Å². The van der Waals surface area contributed by atoms with E-state index in [1.54, 1.807) is 17.0 Å². The molecule has 1 N–H and O–H groups in total. The molecule has 1 aromatic carbocycles. The number of halogens is 2. The number of nitrogens with one attached hydrogen (secondary N) is 1. The molecule has 0 aliphatic carbocycles. The van der Waals surface area contributed by atoms with Gasteiger partial charge in [-0.1, -0.05) is 12.1 Å². The molecule has 1 amide bonds. The molecule has 7 nitrogen and oxygen atoms in total. The van der Waals surface area contributed by atoms with Gasteiger partial charge in [-0.2, -0.15) is 0 Å². The van der Waals surface area contributed by atoms with Crippen LogP contribution in [0.15, 0.2) is 39.6 Å². The average molecular weight is 432 g/mol. The first-order chi connectivity index (χ1) is 12.7. The number of benzene rings is 1. The van der Waals surface area contributed by atoms with Crippen molar-refractivity contribution in [2.24, 2.45) is 0 Å². The van der Waals surface area contributed by atoms with Crippen LogP contribution in [0.4, 0.5) is 4.39 Å². The monoisotopic (exact) mass is 431 g/mol. The zero-order valence-electron chi connectivity index (χ0n) is 15.8. The third-order valence-corrected chi connectivity index (χ3v) is 6.50. The van der Waals surface area contributed by atoms with Crippen LogP contribution >= 0.6 is 12.4 Å². The van der Waals surface area contributed by atoms with E-state index >= 15 is 0 Å². The van der Waals surface area contributed by atoms with Crippen molar-refractivity contribution in [3.8, 4) is 0 Å². The summed E-state index contributed by atoms with van der Waals surface area (Å²) in [5, 5.41) is 3.20. The van der Waals surface area contributed by atoms with Gasteiger partial charge in [0.25, 0.3) is 5.91 Å². The predicted octanol–water partition coefficient (Wildman–Crippen LogP) is 2.19. The molecule has 0 radical (unpaired) electrons. The van der Waals surface area contributed by atoms with Crippen LogP contribution in [0.5, 0.6) is 0 Å². The number of nitrogens with zero attached hydrogens (tertiary/aromatic N) is 2. The Hall–Kier alpha value is -1.94. The zero-order valence-corrected chi connectivity index (χ0v) is 17.4. The van der Waals surface area contributed by atoms with Crippen LogP contribution < -0.4 is 5.32 Å². The molecule has 1 aliphatic rings. The third-order valence-electron chi connectivity index (χ3n) is 4.58. The van der Waals surface area contributed by atoms with Crippen molar-refractivity contribution in [3.05, 3.63) is 53.2 Å². The highest BCUT2D eigenvalue weighted by atomic mass is 35.5. The lowest BCUT2D eigenvalue weighted by Crippen LogP contribution is -2.48. The second kappa shape index (κ2) is 8.60. The van der Waals surface area contributed by atoms with Crippen LogP contribution in [-0.2, 0) is 10.0 Å². The van der Waals surface area contributed by atoms with Crippen LogP contribution in [0.25, 0.3) is 0 Å². The maximum atomic E-state index is 13.6. The van der Waals surface area contributed by atoms with Crippen LogP contribution in [0.3, 0.4) is 0 Å². The Balaban J connectivity index is 0.00000280. The molecule has 0 bridgehead atoms. The number of rotatable bonds is 4. The number of aryl methyl sites for hydroxylation is 1. The van der Waals surface area contributed by atoms with Crippen LogP contribution in [-0.4, -0.2) is 57.3 Å². The number of amides is 1. The Morgan fingerprint density at radius 3 is 2.68 bits per heavy atom. The summed E-state index contributed by atoms with van der Waals surface area (Å²) in [5.41, 5.74) is 0.667. The quantitative estimate of drug-likeness (QED) is 0.802. The topological polar surface area (TPSA) is 82.9 Å². The van der Waals surface area contributed by atoms with Gasteiger partial charge in [-0.15, -0.1) is 12.4 Å². The highest BCUT2D eigenvalue weighted by Gasteiger charge is 2.33. The van der Waals surface area contributed by atoms with Crippen LogP contribution in [0.1, 0.15) is 27.9 Å². The first-order valence-electron chi connectivity index (χ1n) is 8.52. The van der Waals surface area contributed by atoms with E-state index in [-0.39, 0.29) is 40.7 Å². The Kier molecular flexibility index (Phi) is 6.87. The van der Waals surface area contributed by atoms with Gasteiger partial charge in [0.15, 0.2) is 5.76 Å². The molecule has 154 valence electrons. The standard InChI is InChI=1S/C18H22FN3O4S.ClH/c1-12-17(27(24,25)21(2)3)10-16(26-12)18(23)22-8-7-20-11-15(22)13-5-4-6-14(19)9-13;/h4-6,9-10,15,20H,7-8,11H2,1-3H3;1H. The van der Waals surface area contributed by atoms with E-state index in [1.807, 2.05) is 0 Å². The smallest absolute Gasteiger partial charge is 0.290 e. The highest BCUT2D eigenvalue weighted by Crippen LogP contribution is 2.28. The van der Waals surface area contributed by atoms with Gasteiger partial charge in [-0.05, 0) is 24.6 Å². The molecule has 3 rings (SSSR count). The molecule has 1 aromatic heterocycles. The van der Waals surface area contributed by atoms with Crippen molar-refractivity contribution in [1.29, 1.82) is 0 Å². The first-order valence-corrected chi connectivity index (χ1v) is 9.96. The first kappa shape index (κ1) is 22.4. The third kappa shape index (κ3) is 4.22. The molecule has 1 fully saturated rings. The van der Waals surface area contributed by atoms with E-state index in [0.717, 1.165) is 4.31 Å². The molecule has 1 aliphatic heterocycles. The van der Waals surface area contributed by atoms with Crippen LogP contribution in [0.2, 0.25) is 0 Å². The Labute approximate surface area is 170 Å². The number of furan rings is 1. The lowest BCUT2D eigenvalue weighted by Gasteiger charge is -2.36. The van der Waals surface area contributed by atoms with E-state index in [2.05, 4.69) is 5.32 Å². The summed E-state index contributed by atoms with van der Waals surface area (Å²) in [5.74, 6) is -0.687. The molecule has 0 spiro atoms. The normalized spacial score (nSPS) is 17.5. The summed E-state index contributed by atoms with van der Waals surface area (Å²) in [6, 6.07) is 6.99. The van der Waals surface area contributed by atoms with Crippen LogP contribution in [0, 0.1) is 12.7 Å². The number of carbonyl (C=O) groups excluding carboxylic acids is 1. The van der Waals surface area contributed by atoms with E-state index in [0.29, 0.717) is 25.2 Å². The van der Waals surface area contributed by atoms with E-state index in [4.69, 9.17) is 4.42 Å². The summed E-state index contributed by atoms with van der Waals surface area (Å²) in [6.07, 6.45) is 0. The molecular weight excluding hydrogens is 409 g/mol. The summed E-state index contributed by atoms with van der Waals surface area (Å²) in [4.78, 5) is 14.6. The fraction of sp³-hybridized carbons (Fsp3) is 0.389. The van der Waals surface area contributed by atoms with Crippen molar-refractivity contribution in [2.45, 2.75) is 17.9 Å². The van der Waals surface area contributed by atoms with Gasteiger partial charge in [0.2, 0.25) is 10.0 Å². The molecule has 1 atom stereocenters. The minimum absolute atomic E-state index is 0. The lowest BCUT2D eigenvalue weighted by atomic mass is 10.0. The van der Waals surface area contributed by atoms with Crippen molar-refractivity contribution in [2.75, 3.05) is 33.7 Å². The number of piperazine rings is 1. The lowest BCUT2D eigenvalue weighted by molar-refractivity contribution is 0.0600. The maximum absolute atomic E-state index is 13.6. The molecule has 28 heavy (non-hydrogen) atoms. The summed E-state index contributed by atoms with van der Waals surface area (Å²) in [7, 11) is -0.883. The highest BCUT2D eigenvalue weighted by molar-refractivity contribution is 7.89. The Bertz CT molecular complexity index is 961. The fourth-order valence-corrected chi connectivity index (χ4v) is 4.18. The van der Waals surface area contributed by atoms with Gasteiger partial charge in [0.1, 0.15) is 16.5 Å². The van der Waals surface area contributed by atoms with Gasteiger partial charge in [0, 0.05) is 39.8 Å². The van der Waals surface area contributed by atoms with Crippen molar-refractivity contribution < 1.29 is 22.0 Å². The average Bonchev–Trinajstić information content (AvgIpc) is 3.03. The fourth-order valence-electron chi connectivity index (χ4n) is 3.12. The minimum atomic E-state index is -3.72. The van der Waals surface area contributed by atoms with Crippen molar-refractivity contribution in [1.82, 2.24) is 14.5 Å². The summed E-state index contributed by atoms with van der Waals surface area (Å²) >= 11 is 0. The number of sulfonamides is 1. The summed E-state index contributed by atoms with van der Waals surface area (Å²) < 4.78 is 44.9. The molecular formula is C18H23ClFN3O4S. The minimum Gasteiger partial charge on any atom is -0.455 e. The van der Waals surface area contributed by atoms with Gasteiger partial charge in [0.05, 0.1) is 6.04 Å². The molecule has 2 aromatic rings.